The Kier molecular flexibility index (Phi) is 7.09. The van der Waals surface area contributed by atoms with E-state index in [0.29, 0.717) is 36.9 Å². The van der Waals surface area contributed by atoms with Gasteiger partial charge in [-0.1, -0.05) is 13.3 Å². The van der Waals surface area contributed by atoms with Crippen molar-refractivity contribution in [2.75, 3.05) is 13.2 Å². The molecule has 31 heavy (non-hydrogen) atoms. The van der Waals surface area contributed by atoms with Gasteiger partial charge in [-0.15, -0.1) is 0 Å². The third kappa shape index (κ3) is 5.29. The summed E-state index contributed by atoms with van der Waals surface area (Å²) in [5.74, 6) is -0.492. The number of carboxylic acids is 1. The summed E-state index contributed by atoms with van der Waals surface area (Å²) in [4.78, 5) is 11.7. The van der Waals surface area contributed by atoms with Crippen molar-refractivity contribution < 1.29 is 36.9 Å². The van der Waals surface area contributed by atoms with Crippen LogP contribution in [0.15, 0.2) is 48.5 Å². The number of halogens is 3. The number of aliphatic carboxylic acids is 1. The summed E-state index contributed by atoms with van der Waals surface area (Å²) in [5, 5.41) is 9.95. The number of hydrogen-bond acceptors (Lipinski definition) is 4. The Morgan fingerprint density at radius 1 is 1.16 bits per heavy atom. The Bertz CT molecular complexity index is 947. The van der Waals surface area contributed by atoms with E-state index in [2.05, 4.69) is 0 Å². The molecule has 2 unspecified atom stereocenters. The molecule has 1 saturated heterocycles. The molecule has 168 valence electrons. The number of ether oxygens (including phenoxy) is 1. The minimum Gasteiger partial charge on any atom is -0.480 e. The summed E-state index contributed by atoms with van der Waals surface area (Å²) in [6.45, 7) is 2.47. The van der Waals surface area contributed by atoms with Crippen LogP contribution >= 0.6 is 7.52 Å². The third-order valence-electron chi connectivity index (χ3n) is 4.92. The lowest BCUT2D eigenvalue weighted by molar-refractivity contribution is -0.142. The molecule has 1 aliphatic heterocycles. The molecule has 1 fully saturated rings. The highest BCUT2D eigenvalue weighted by Crippen LogP contribution is 2.54. The fraction of sp³-hybridized carbons (Fsp3) is 0.381. The first-order valence-electron chi connectivity index (χ1n) is 9.85. The van der Waals surface area contributed by atoms with Gasteiger partial charge in [-0.25, -0.2) is 4.67 Å². The first-order valence-corrected chi connectivity index (χ1v) is 11.4. The molecule has 0 aliphatic carbocycles. The van der Waals surface area contributed by atoms with Gasteiger partial charge < -0.3 is 14.4 Å². The van der Waals surface area contributed by atoms with Gasteiger partial charge in [-0.3, -0.25) is 9.36 Å². The van der Waals surface area contributed by atoms with Crippen LogP contribution in [0, 0.1) is 0 Å². The van der Waals surface area contributed by atoms with E-state index in [1.54, 1.807) is 0 Å². The predicted molar refractivity (Wildman–Crippen MR) is 109 cm³/mol. The second-order valence-corrected chi connectivity index (χ2v) is 9.46. The van der Waals surface area contributed by atoms with Crippen molar-refractivity contribution in [1.29, 1.82) is 0 Å². The lowest BCUT2D eigenvalue weighted by Crippen LogP contribution is -2.44. The van der Waals surface area contributed by atoms with Crippen LogP contribution in [0.5, 0.6) is 11.5 Å². The van der Waals surface area contributed by atoms with Gasteiger partial charge in [0.1, 0.15) is 17.5 Å². The molecule has 0 bridgehead atoms. The number of alkyl halides is 3. The molecule has 6 nitrogen and oxygen atoms in total. The van der Waals surface area contributed by atoms with Crippen LogP contribution in [0.1, 0.15) is 31.7 Å². The second-order valence-electron chi connectivity index (χ2n) is 7.13. The maximum atomic E-state index is 13.7. The molecule has 0 spiro atoms. The molecular weight excluding hydrogens is 434 g/mol. The second kappa shape index (κ2) is 9.42. The third-order valence-corrected chi connectivity index (χ3v) is 7.56. The Morgan fingerprint density at radius 2 is 1.74 bits per heavy atom. The molecule has 0 radical (unpaired) electrons. The first-order chi connectivity index (χ1) is 14.6. The van der Waals surface area contributed by atoms with Gasteiger partial charge in [-0.2, -0.15) is 13.2 Å². The van der Waals surface area contributed by atoms with Crippen LogP contribution in [-0.2, 0) is 20.1 Å². The molecule has 2 atom stereocenters. The molecular formula is C21H23F3NO5P. The fourth-order valence-electron chi connectivity index (χ4n) is 3.41. The Balaban J connectivity index is 1.80. The minimum atomic E-state index is -4.43. The zero-order chi connectivity index (χ0) is 22.6. The van der Waals surface area contributed by atoms with E-state index in [1.807, 2.05) is 6.92 Å². The van der Waals surface area contributed by atoms with Crippen LogP contribution in [0.3, 0.4) is 0 Å². The fourth-order valence-corrected chi connectivity index (χ4v) is 5.89. The summed E-state index contributed by atoms with van der Waals surface area (Å²) in [5.41, 5.74) is -0.775. The number of rotatable bonds is 7. The molecule has 0 aromatic heterocycles. The molecule has 1 aliphatic rings. The highest BCUT2D eigenvalue weighted by molar-refractivity contribution is 7.64. The predicted octanol–water partition coefficient (Wildman–Crippen LogP) is 5.29. The molecule has 1 N–H and O–H groups in total. The number of carboxylic acid groups (broad SMARTS) is 1. The molecule has 0 amide bonds. The number of hydrogen-bond donors (Lipinski definition) is 1. The number of nitrogens with zero attached hydrogens (tertiary/aromatic N) is 1. The SMILES string of the molecule is CCCC(C(=O)O)N1CCCOP1(=O)c1ccc(Oc2ccc(C(F)(F)F)cc2)cc1. The minimum absolute atomic E-state index is 0.219. The average Bonchev–Trinajstić information content (AvgIpc) is 2.73. The van der Waals surface area contributed by atoms with E-state index < -0.39 is 31.3 Å². The topological polar surface area (TPSA) is 76.1 Å². The largest absolute Gasteiger partial charge is 0.480 e. The normalized spacial score (nSPS) is 20.9. The van der Waals surface area contributed by atoms with E-state index in [9.17, 15) is 27.6 Å². The summed E-state index contributed by atoms with van der Waals surface area (Å²) in [6, 6.07) is 9.48. The van der Waals surface area contributed by atoms with Crippen molar-refractivity contribution in [3.8, 4) is 11.5 Å². The van der Waals surface area contributed by atoms with Crippen molar-refractivity contribution in [2.24, 2.45) is 0 Å². The van der Waals surface area contributed by atoms with E-state index in [4.69, 9.17) is 9.26 Å². The standard InChI is InChI=1S/C21H23F3NO5P/c1-2-4-19(20(26)27)25-13-3-14-29-31(25,28)18-11-9-17(10-12-18)30-16-7-5-15(6-8-16)21(22,23)24/h5-12,19H,2-4,13-14H2,1H3,(H,26,27). The first kappa shape index (κ1) is 23.3. The van der Waals surface area contributed by atoms with Crippen LogP contribution in [0.4, 0.5) is 13.2 Å². The van der Waals surface area contributed by atoms with Crippen LogP contribution < -0.4 is 10.0 Å². The van der Waals surface area contributed by atoms with E-state index in [0.717, 1.165) is 12.1 Å². The summed E-state index contributed by atoms with van der Waals surface area (Å²) >= 11 is 0. The van der Waals surface area contributed by atoms with Gasteiger partial charge >= 0.3 is 19.7 Å². The summed E-state index contributed by atoms with van der Waals surface area (Å²) in [7, 11) is -3.57. The molecule has 3 rings (SSSR count). The van der Waals surface area contributed by atoms with Crippen molar-refractivity contribution >= 4 is 18.8 Å². The van der Waals surface area contributed by atoms with E-state index in [-0.39, 0.29) is 12.4 Å². The quantitative estimate of drug-likeness (QED) is 0.570. The highest BCUT2D eigenvalue weighted by Gasteiger charge is 2.43. The molecule has 0 saturated carbocycles. The number of carbonyl (C=O) groups is 1. The zero-order valence-electron chi connectivity index (χ0n) is 16.8. The van der Waals surface area contributed by atoms with E-state index >= 15 is 0 Å². The molecule has 1 heterocycles. The summed E-state index contributed by atoms with van der Waals surface area (Å²) < 4.78 is 64.3. The number of benzene rings is 2. The van der Waals surface area contributed by atoms with Crippen LogP contribution in [-0.4, -0.2) is 34.9 Å². The molecule has 2 aromatic carbocycles. The van der Waals surface area contributed by atoms with Crippen molar-refractivity contribution in [3.05, 3.63) is 54.1 Å². The van der Waals surface area contributed by atoms with Gasteiger partial charge in [0, 0.05) is 6.54 Å². The lowest BCUT2D eigenvalue weighted by atomic mass is 10.1. The summed E-state index contributed by atoms with van der Waals surface area (Å²) in [6.07, 6.45) is -2.89. The van der Waals surface area contributed by atoms with E-state index in [1.165, 1.54) is 41.1 Å². The highest BCUT2D eigenvalue weighted by atomic mass is 31.2. The maximum absolute atomic E-state index is 13.7. The van der Waals surface area contributed by atoms with Crippen LogP contribution in [0.2, 0.25) is 0 Å². The van der Waals surface area contributed by atoms with Gasteiger partial charge in [0.05, 0.1) is 17.5 Å². The van der Waals surface area contributed by atoms with Crippen LogP contribution in [0.25, 0.3) is 0 Å². The monoisotopic (exact) mass is 457 g/mol. The average molecular weight is 457 g/mol. The molecule has 2 aromatic rings. The lowest BCUT2D eigenvalue weighted by Gasteiger charge is -2.38. The Morgan fingerprint density at radius 3 is 2.26 bits per heavy atom. The smallest absolute Gasteiger partial charge is 0.416 e. The Hall–Kier alpha value is -2.35. The van der Waals surface area contributed by atoms with Gasteiger partial charge in [0.25, 0.3) is 0 Å². The van der Waals surface area contributed by atoms with Crippen molar-refractivity contribution in [2.45, 2.75) is 38.4 Å². The Labute approximate surface area is 178 Å². The van der Waals surface area contributed by atoms with Gasteiger partial charge in [0.2, 0.25) is 0 Å². The maximum Gasteiger partial charge on any atom is 0.416 e. The van der Waals surface area contributed by atoms with Crippen molar-refractivity contribution in [1.82, 2.24) is 4.67 Å². The van der Waals surface area contributed by atoms with Crippen molar-refractivity contribution in [3.63, 3.8) is 0 Å². The van der Waals surface area contributed by atoms with Gasteiger partial charge in [-0.05, 0) is 61.4 Å². The van der Waals surface area contributed by atoms with Gasteiger partial charge in [0.15, 0.2) is 0 Å². The molecule has 10 heteroatoms. The zero-order valence-corrected chi connectivity index (χ0v) is 17.7.